The molecule has 0 aromatic heterocycles. The third kappa shape index (κ3) is 15.0. The van der Waals surface area contributed by atoms with Crippen LogP contribution in [0.2, 0.25) is 0 Å². The maximum absolute atomic E-state index is 13.9. The van der Waals surface area contributed by atoms with Crippen LogP contribution in [0.3, 0.4) is 0 Å². The van der Waals surface area contributed by atoms with Crippen LogP contribution in [0.25, 0.3) is 0 Å². The Bertz CT molecular complexity index is 1060. The minimum Gasteiger partial charge on any atom is -0.465 e. The zero-order chi connectivity index (χ0) is 32.9. The Balaban J connectivity index is 2.07. The van der Waals surface area contributed by atoms with Crippen LogP contribution < -0.4 is 11.1 Å². The van der Waals surface area contributed by atoms with Gasteiger partial charge in [-0.25, -0.2) is 4.79 Å². The molecule has 2 rings (SSSR count). The number of esters is 2. The van der Waals surface area contributed by atoms with Gasteiger partial charge in [0, 0.05) is 6.54 Å². The first-order chi connectivity index (χ1) is 21.7. The quantitative estimate of drug-likeness (QED) is 0.0718. The van der Waals surface area contributed by atoms with E-state index in [0.717, 1.165) is 5.56 Å². The summed E-state index contributed by atoms with van der Waals surface area (Å²) in [7, 11) is 0. The number of benzene rings is 1. The highest BCUT2D eigenvalue weighted by Crippen LogP contribution is 2.22. The lowest BCUT2D eigenvalue weighted by Crippen LogP contribution is -2.54. The largest absolute Gasteiger partial charge is 0.465 e. The van der Waals surface area contributed by atoms with Crippen LogP contribution in [-0.2, 0) is 40.0 Å². The lowest BCUT2D eigenvalue weighted by Gasteiger charge is -2.30. The predicted molar refractivity (Wildman–Crippen MR) is 159 cm³/mol. The SMILES string of the molecule is NCCCCC(NC(CCc1ccccc1)C(=O)OCCCCO[N+](=O)[O-])C(=O)N1CCC[C@H]1C(=O)OCCCCO[N+](=O)[O-]. The third-order valence-corrected chi connectivity index (χ3v) is 7.26. The van der Waals surface area contributed by atoms with E-state index in [2.05, 4.69) is 15.0 Å². The lowest BCUT2D eigenvalue weighted by molar-refractivity contribution is -0.757. The number of nitrogens with zero attached hydrogens (tertiary/aromatic N) is 3. The summed E-state index contributed by atoms with van der Waals surface area (Å²) in [6, 6.07) is 7.18. The number of carbonyl (C=O) groups is 3. The summed E-state index contributed by atoms with van der Waals surface area (Å²) >= 11 is 0. The molecule has 16 nitrogen and oxygen atoms in total. The molecule has 1 saturated heterocycles. The van der Waals surface area contributed by atoms with Gasteiger partial charge in [0.1, 0.15) is 12.1 Å². The fourth-order valence-electron chi connectivity index (χ4n) is 4.94. The zero-order valence-corrected chi connectivity index (χ0v) is 25.5. The zero-order valence-electron chi connectivity index (χ0n) is 25.5. The molecule has 0 spiro atoms. The lowest BCUT2D eigenvalue weighted by atomic mass is 10.0. The molecule has 0 radical (unpaired) electrons. The van der Waals surface area contributed by atoms with E-state index < -0.39 is 40.2 Å². The van der Waals surface area contributed by atoms with Gasteiger partial charge in [-0.15, -0.1) is 20.2 Å². The number of unbranched alkanes of at least 4 members (excludes halogenated alkanes) is 3. The van der Waals surface area contributed by atoms with Gasteiger partial charge in [-0.2, -0.15) is 0 Å². The van der Waals surface area contributed by atoms with Gasteiger partial charge >= 0.3 is 11.9 Å². The smallest absolute Gasteiger partial charge is 0.328 e. The second kappa shape index (κ2) is 21.6. The van der Waals surface area contributed by atoms with Gasteiger partial charge in [-0.05, 0) is 76.3 Å². The number of likely N-dealkylation sites (tertiary alicyclic amines) is 1. The predicted octanol–water partition coefficient (Wildman–Crippen LogP) is 2.13. The Morgan fingerprint density at radius 3 is 2.11 bits per heavy atom. The average Bonchev–Trinajstić information content (AvgIpc) is 3.52. The fraction of sp³-hybridized carbons (Fsp3) is 0.690. The Morgan fingerprint density at radius 2 is 1.49 bits per heavy atom. The van der Waals surface area contributed by atoms with Crippen molar-refractivity contribution < 1.29 is 43.7 Å². The van der Waals surface area contributed by atoms with Crippen LogP contribution in [0.15, 0.2) is 30.3 Å². The number of ether oxygens (including phenoxy) is 2. The van der Waals surface area contributed by atoms with E-state index in [1.54, 1.807) is 0 Å². The summed E-state index contributed by atoms with van der Waals surface area (Å²) in [5, 5.41) is 22.1. The van der Waals surface area contributed by atoms with Gasteiger partial charge in [0.15, 0.2) is 0 Å². The summed E-state index contributed by atoms with van der Waals surface area (Å²) < 4.78 is 10.9. The molecule has 1 fully saturated rings. The number of amides is 1. The maximum atomic E-state index is 13.9. The van der Waals surface area contributed by atoms with Crippen LogP contribution >= 0.6 is 0 Å². The number of aryl methyl sites for hydroxylation is 1. The average molecular weight is 640 g/mol. The molecule has 252 valence electrons. The topological polar surface area (TPSA) is 216 Å². The van der Waals surface area contributed by atoms with E-state index in [1.165, 1.54) is 4.90 Å². The fourth-order valence-corrected chi connectivity index (χ4v) is 4.94. The maximum Gasteiger partial charge on any atom is 0.328 e. The van der Waals surface area contributed by atoms with Crippen molar-refractivity contribution in [1.82, 2.24) is 10.2 Å². The van der Waals surface area contributed by atoms with Gasteiger partial charge in [0.2, 0.25) is 5.91 Å². The highest BCUT2D eigenvalue weighted by atomic mass is 17.0. The van der Waals surface area contributed by atoms with Crippen molar-refractivity contribution in [3.63, 3.8) is 0 Å². The number of rotatable bonds is 24. The van der Waals surface area contributed by atoms with Crippen molar-refractivity contribution >= 4 is 17.8 Å². The Hall–Kier alpha value is -4.05. The van der Waals surface area contributed by atoms with Crippen LogP contribution in [0.4, 0.5) is 0 Å². The van der Waals surface area contributed by atoms with Gasteiger partial charge in [0.05, 0.1) is 32.5 Å². The van der Waals surface area contributed by atoms with Crippen molar-refractivity contribution in [2.75, 3.05) is 39.5 Å². The summed E-state index contributed by atoms with van der Waals surface area (Å²) in [4.78, 5) is 70.6. The number of nitrogens with one attached hydrogen (secondary N) is 1. The van der Waals surface area contributed by atoms with E-state index in [1.807, 2.05) is 30.3 Å². The third-order valence-electron chi connectivity index (χ3n) is 7.26. The molecular weight excluding hydrogens is 594 g/mol. The second-order valence-corrected chi connectivity index (χ2v) is 10.6. The Kier molecular flexibility index (Phi) is 17.8. The molecule has 1 aliphatic rings. The standard InChI is InChI=1S/C29H45N5O11/c30-17-5-4-13-24(27(35)32-18-10-14-26(32)29(37)43-20-7-9-22-45-34(40)41)31-25(16-15-23-11-2-1-3-12-23)28(36)42-19-6-8-21-44-33(38)39/h1-3,11-12,24-26,31H,4-10,13-22,30H2/t24?,25?,26-/m0/s1. The summed E-state index contributed by atoms with van der Waals surface area (Å²) in [5.74, 6) is -1.41. The molecule has 0 aliphatic carbocycles. The molecular formula is C29H45N5O11. The molecule has 3 atom stereocenters. The molecule has 1 amide bonds. The summed E-state index contributed by atoms with van der Waals surface area (Å²) in [6.07, 6.45) is 5.01. The first kappa shape index (κ1) is 37.1. The minimum atomic E-state index is -0.879. The van der Waals surface area contributed by atoms with E-state index in [0.29, 0.717) is 83.7 Å². The van der Waals surface area contributed by atoms with E-state index >= 15 is 0 Å². The van der Waals surface area contributed by atoms with E-state index in [9.17, 15) is 34.6 Å². The summed E-state index contributed by atoms with van der Waals surface area (Å²) in [5.41, 5.74) is 6.70. The normalized spacial score (nSPS) is 15.6. The summed E-state index contributed by atoms with van der Waals surface area (Å²) in [6.45, 7) is 0.670. The van der Waals surface area contributed by atoms with Crippen molar-refractivity contribution in [1.29, 1.82) is 0 Å². The van der Waals surface area contributed by atoms with Crippen molar-refractivity contribution in [3.05, 3.63) is 56.1 Å². The van der Waals surface area contributed by atoms with Crippen molar-refractivity contribution in [3.8, 4) is 0 Å². The number of hydrogen-bond donors (Lipinski definition) is 2. The second-order valence-electron chi connectivity index (χ2n) is 10.6. The molecule has 1 aliphatic heterocycles. The molecule has 2 unspecified atom stereocenters. The van der Waals surface area contributed by atoms with Crippen molar-refractivity contribution in [2.45, 2.75) is 88.8 Å². The molecule has 0 saturated carbocycles. The van der Waals surface area contributed by atoms with E-state index in [4.69, 9.17) is 15.2 Å². The van der Waals surface area contributed by atoms with E-state index in [-0.39, 0.29) is 32.3 Å². The van der Waals surface area contributed by atoms with Gasteiger partial charge in [-0.3, -0.25) is 14.9 Å². The first-order valence-electron chi connectivity index (χ1n) is 15.4. The number of hydrogen-bond acceptors (Lipinski definition) is 13. The van der Waals surface area contributed by atoms with Gasteiger partial charge in [0.25, 0.3) is 10.2 Å². The number of nitrogens with two attached hydrogens (primary N) is 1. The molecule has 1 heterocycles. The minimum absolute atomic E-state index is 0.0351. The first-order valence-corrected chi connectivity index (χ1v) is 15.4. The molecule has 16 heteroatoms. The molecule has 1 aromatic rings. The Labute approximate surface area is 262 Å². The number of carbonyl (C=O) groups excluding carboxylic acids is 3. The van der Waals surface area contributed by atoms with Crippen LogP contribution in [0.5, 0.6) is 0 Å². The highest BCUT2D eigenvalue weighted by Gasteiger charge is 2.39. The molecule has 0 bridgehead atoms. The molecule has 1 aromatic carbocycles. The van der Waals surface area contributed by atoms with Crippen LogP contribution in [-0.4, -0.2) is 90.6 Å². The highest BCUT2D eigenvalue weighted by molar-refractivity contribution is 5.89. The van der Waals surface area contributed by atoms with Crippen LogP contribution in [0, 0.1) is 20.2 Å². The Morgan fingerprint density at radius 1 is 0.867 bits per heavy atom. The van der Waals surface area contributed by atoms with Crippen LogP contribution in [0.1, 0.15) is 69.8 Å². The molecule has 45 heavy (non-hydrogen) atoms. The van der Waals surface area contributed by atoms with Gasteiger partial charge < -0.3 is 29.8 Å². The monoisotopic (exact) mass is 639 g/mol. The van der Waals surface area contributed by atoms with Crippen molar-refractivity contribution in [2.24, 2.45) is 5.73 Å². The molecule has 3 N–H and O–H groups in total. The van der Waals surface area contributed by atoms with Gasteiger partial charge in [-0.1, -0.05) is 36.8 Å².